The molecule has 2 aromatic heterocycles. The van der Waals surface area contributed by atoms with E-state index in [1.165, 1.54) is 30.9 Å². The van der Waals surface area contributed by atoms with Gasteiger partial charge < -0.3 is 19.1 Å². The molecule has 0 N–H and O–H groups in total. The molecule has 1 aromatic carbocycles. The van der Waals surface area contributed by atoms with E-state index >= 15 is 0 Å². The van der Waals surface area contributed by atoms with Gasteiger partial charge in [-0.3, -0.25) is 9.59 Å². The maximum absolute atomic E-state index is 14.1. The summed E-state index contributed by atoms with van der Waals surface area (Å²) < 4.78 is 46.7. The third kappa shape index (κ3) is 6.52. The monoisotopic (exact) mass is 611 g/mol. The van der Waals surface area contributed by atoms with Crippen molar-refractivity contribution >= 4 is 52.7 Å². The minimum absolute atomic E-state index is 0.0866. The third-order valence-corrected chi connectivity index (χ3v) is 7.87. The van der Waals surface area contributed by atoms with Crippen LogP contribution in [0.1, 0.15) is 26.8 Å². The highest BCUT2D eigenvalue weighted by atomic mass is 35.5. The van der Waals surface area contributed by atoms with Gasteiger partial charge in [-0.15, -0.1) is 21.8 Å². The molecule has 0 saturated carbocycles. The maximum atomic E-state index is 14.1. The molecular weight excluding hydrogens is 591 g/mol. The number of esters is 2. The van der Waals surface area contributed by atoms with Crippen LogP contribution in [0.4, 0.5) is 14.6 Å². The van der Waals surface area contributed by atoms with Gasteiger partial charge in [0, 0.05) is 30.2 Å². The Kier molecular flexibility index (Phi) is 9.25. The zero-order valence-corrected chi connectivity index (χ0v) is 23.5. The van der Waals surface area contributed by atoms with Crippen molar-refractivity contribution in [2.75, 3.05) is 6.61 Å². The lowest BCUT2D eigenvalue weighted by Crippen LogP contribution is -2.53. The van der Waals surface area contributed by atoms with Crippen molar-refractivity contribution < 1.29 is 32.6 Å². The van der Waals surface area contributed by atoms with Gasteiger partial charge in [-0.2, -0.15) is 0 Å². The summed E-state index contributed by atoms with van der Waals surface area (Å²) in [6.45, 7) is 11.4. The van der Waals surface area contributed by atoms with E-state index in [0.29, 0.717) is 9.92 Å². The first kappa shape index (κ1) is 29.7. The summed E-state index contributed by atoms with van der Waals surface area (Å²) in [7, 11) is 0. The van der Waals surface area contributed by atoms with E-state index in [-0.39, 0.29) is 23.7 Å². The lowest BCUT2D eigenvalue weighted by molar-refractivity contribution is -0.191. The minimum atomic E-state index is -1.00. The van der Waals surface area contributed by atoms with Crippen molar-refractivity contribution in [2.45, 2.75) is 49.4 Å². The summed E-state index contributed by atoms with van der Waals surface area (Å²) in [5, 5.41) is 7.90. The average molecular weight is 612 g/mol. The molecule has 1 fully saturated rings. The molecule has 1 aliphatic heterocycles. The first-order chi connectivity index (χ1) is 19.0. The number of hydrogen-bond donors (Lipinski definition) is 0. The van der Waals surface area contributed by atoms with Gasteiger partial charge >= 0.3 is 11.9 Å². The second kappa shape index (κ2) is 12.5. The van der Waals surface area contributed by atoms with Crippen LogP contribution in [0.3, 0.4) is 0 Å². The molecule has 4 rings (SSSR count). The molecule has 1 aliphatic rings. The van der Waals surface area contributed by atoms with E-state index < -0.39 is 58.2 Å². The molecule has 0 bridgehead atoms. The molecule has 0 spiro atoms. The summed E-state index contributed by atoms with van der Waals surface area (Å²) in [5.74, 6) is -3.50. The van der Waals surface area contributed by atoms with E-state index in [0.717, 1.165) is 23.9 Å². The Bertz CT molecular complexity index is 1460. The third-order valence-electron chi connectivity index (χ3n) is 5.98. The Labute approximate surface area is 241 Å². The van der Waals surface area contributed by atoms with Gasteiger partial charge in [-0.25, -0.2) is 13.5 Å². The summed E-state index contributed by atoms with van der Waals surface area (Å²) in [5.41, 5.74) is -0.482. The quantitative estimate of drug-likeness (QED) is 0.190. The highest BCUT2D eigenvalue weighted by Crippen LogP contribution is 2.45. The number of carbonyl (C=O) groups excluding carboxylic acids is 2. The lowest BCUT2D eigenvalue weighted by atomic mass is 9.90. The van der Waals surface area contributed by atoms with Crippen LogP contribution >= 0.6 is 35.0 Å². The van der Waals surface area contributed by atoms with E-state index in [1.54, 1.807) is 13.0 Å². The van der Waals surface area contributed by atoms with E-state index in [1.807, 2.05) is 0 Å². The van der Waals surface area contributed by atoms with Crippen LogP contribution in [0, 0.1) is 24.1 Å². The lowest BCUT2D eigenvalue weighted by Gasteiger charge is -2.44. The normalized spacial score (nSPS) is 22.4. The fourth-order valence-electron chi connectivity index (χ4n) is 4.22. The van der Waals surface area contributed by atoms with Gasteiger partial charge in [-0.05, 0) is 18.2 Å². The number of benzene rings is 1. The highest BCUT2D eigenvalue weighted by Gasteiger charge is 2.48. The van der Waals surface area contributed by atoms with Crippen LogP contribution in [0.5, 0.6) is 0 Å². The molecule has 2 unspecified atom stereocenters. The molecule has 3 aromatic rings. The van der Waals surface area contributed by atoms with Gasteiger partial charge in [-0.1, -0.05) is 41.9 Å². The minimum Gasteiger partial charge on any atom is -0.463 e. The second-order valence-corrected chi connectivity index (χ2v) is 10.8. The number of hydrogen-bond acceptors (Lipinski definition) is 9. The highest BCUT2D eigenvalue weighted by molar-refractivity contribution is 8.00. The second-order valence-electron chi connectivity index (χ2n) is 8.81. The number of ether oxygens (including phenoxy) is 3. The van der Waals surface area contributed by atoms with Gasteiger partial charge in [0.2, 0.25) is 0 Å². The summed E-state index contributed by atoms with van der Waals surface area (Å²) >= 11 is 12.9. The fourth-order valence-corrected chi connectivity index (χ4v) is 5.77. The predicted molar refractivity (Wildman–Crippen MR) is 141 cm³/mol. The molecule has 0 radical (unpaired) electrons. The van der Waals surface area contributed by atoms with Gasteiger partial charge in [0.1, 0.15) is 46.7 Å². The Morgan fingerprint density at radius 3 is 2.52 bits per heavy atom. The number of pyridine rings is 1. The SMILES string of the molecule is [C-]#[N+]c1ncc(Cl)cc1S[C@H]1OC(COC(C)=O)[C@H](OC(C)=O)[C@H](n2cc(-c3cc(F)c(Cl)c(F)c3)nn2)C1C. The van der Waals surface area contributed by atoms with Gasteiger partial charge in [0.15, 0.2) is 6.10 Å². The zero-order valence-electron chi connectivity index (χ0n) is 21.2. The molecule has 15 heteroatoms. The standard InChI is InChI=1S/C25H21Cl2F2N5O5S/c1-11-22(34-9-18(32-33-34)14-5-16(28)21(27)17(29)6-14)23(38-13(3)36)19(10-37-12(2)35)39-25(11)40-20-7-15(26)8-31-24(20)30-4/h5-9,11,19,22-23,25H,10H2,1-3H3/t11?,19?,22-,23+,25-/m1/s1. The molecule has 10 nitrogen and oxygen atoms in total. The summed E-state index contributed by atoms with van der Waals surface area (Å²) in [6.07, 6.45) is 0.844. The summed E-state index contributed by atoms with van der Waals surface area (Å²) in [6, 6.07) is 2.88. The Balaban J connectivity index is 1.76. The number of rotatable bonds is 7. The first-order valence-corrected chi connectivity index (χ1v) is 13.3. The molecule has 3 heterocycles. The van der Waals surface area contributed by atoms with Crippen LogP contribution in [-0.4, -0.2) is 56.2 Å². The smallest absolute Gasteiger partial charge is 0.303 e. The molecule has 5 atom stereocenters. The van der Waals surface area contributed by atoms with Crippen molar-refractivity contribution in [1.29, 1.82) is 0 Å². The van der Waals surface area contributed by atoms with Crippen LogP contribution in [-0.2, 0) is 23.8 Å². The molecule has 210 valence electrons. The van der Waals surface area contributed by atoms with E-state index in [2.05, 4.69) is 20.1 Å². The largest absolute Gasteiger partial charge is 0.463 e. The molecule has 40 heavy (non-hydrogen) atoms. The van der Waals surface area contributed by atoms with E-state index in [4.69, 9.17) is 44.0 Å². The number of nitrogens with zero attached hydrogens (tertiary/aromatic N) is 5. The van der Waals surface area contributed by atoms with Crippen LogP contribution in [0.25, 0.3) is 16.1 Å². The number of aromatic nitrogens is 4. The topological polar surface area (TPSA) is 110 Å². The molecule has 1 saturated heterocycles. The Hall–Kier alpha value is -3.31. The van der Waals surface area contributed by atoms with Crippen molar-refractivity contribution in [3.63, 3.8) is 0 Å². The van der Waals surface area contributed by atoms with E-state index in [9.17, 15) is 18.4 Å². The predicted octanol–water partition coefficient (Wildman–Crippen LogP) is 5.67. The number of halogens is 4. The van der Waals surface area contributed by atoms with Gasteiger partial charge in [0.05, 0.1) is 17.3 Å². The maximum Gasteiger partial charge on any atom is 0.303 e. The van der Waals surface area contributed by atoms with Crippen molar-refractivity contribution in [3.05, 3.63) is 63.7 Å². The fraction of sp³-hybridized carbons (Fsp3) is 0.360. The average Bonchev–Trinajstić information content (AvgIpc) is 3.37. The molecule has 0 amide bonds. The van der Waals surface area contributed by atoms with Crippen LogP contribution in [0.2, 0.25) is 10.0 Å². The Morgan fingerprint density at radius 1 is 1.20 bits per heavy atom. The van der Waals surface area contributed by atoms with Crippen molar-refractivity contribution in [2.24, 2.45) is 5.92 Å². The summed E-state index contributed by atoms with van der Waals surface area (Å²) in [4.78, 5) is 31.7. The van der Waals surface area contributed by atoms with Crippen molar-refractivity contribution in [3.8, 4) is 11.3 Å². The number of thioether (sulfide) groups is 1. The Morgan fingerprint density at radius 2 is 1.90 bits per heavy atom. The zero-order chi connectivity index (χ0) is 29.1. The van der Waals surface area contributed by atoms with Crippen LogP contribution in [0.15, 0.2) is 35.5 Å². The molecule has 0 aliphatic carbocycles. The van der Waals surface area contributed by atoms with Crippen molar-refractivity contribution in [1.82, 2.24) is 20.0 Å². The van der Waals surface area contributed by atoms with Crippen LogP contribution < -0.4 is 0 Å². The van der Waals surface area contributed by atoms with Gasteiger partial charge in [0.25, 0.3) is 5.82 Å². The first-order valence-electron chi connectivity index (χ1n) is 11.7. The molecular formula is C25H21Cl2F2N5O5S. The number of carbonyl (C=O) groups is 2.